The molecule has 2 heterocycles. The summed E-state index contributed by atoms with van der Waals surface area (Å²) in [6.45, 7) is 6.37. The fourth-order valence-electron chi connectivity index (χ4n) is 4.59. The number of amides is 2. The largest absolute Gasteiger partial charge is 0.481 e. The van der Waals surface area contributed by atoms with E-state index in [0.29, 0.717) is 37.5 Å². The van der Waals surface area contributed by atoms with E-state index in [2.05, 4.69) is 24.6 Å². The summed E-state index contributed by atoms with van der Waals surface area (Å²) in [4.78, 5) is 28.9. The van der Waals surface area contributed by atoms with Crippen molar-refractivity contribution < 1.29 is 14.3 Å². The summed E-state index contributed by atoms with van der Waals surface area (Å²) < 4.78 is 5.37. The van der Waals surface area contributed by atoms with Crippen molar-refractivity contribution in [3.05, 3.63) is 78.4 Å². The van der Waals surface area contributed by atoms with Crippen LogP contribution in [0, 0.1) is 17.8 Å². The highest BCUT2D eigenvalue weighted by Gasteiger charge is 2.56. The number of nitrogens with zero attached hydrogens (tertiary/aromatic N) is 2. The molecule has 152 valence electrons. The summed E-state index contributed by atoms with van der Waals surface area (Å²) in [6.07, 6.45) is 6.57. The summed E-state index contributed by atoms with van der Waals surface area (Å²) in [7, 11) is 0. The number of terminal acetylenes is 1. The van der Waals surface area contributed by atoms with E-state index < -0.39 is 0 Å². The molecule has 2 amide bonds. The van der Waals surface area contributed by atoms with Gasteiger partial charge in [0.1, 0.15) is 12.4 Å². The number of hydrogen-bond acceptors (Lipinski definition) is 3. The number of rotatable bonds is 5. The van der Waals surface area contributed by atoms with Crippen molar-refractivity contribution in [1.82, 2.24) is 9.80 Å². The topological polar surface area (TPSA) is 49.9 Å². The van der Waals surface area contributed by atoms with Crippen LogP contribution >= 0.6 is 0 Å². The zero-order valence-corrected chi connectivity index (χ0v) is 16.8. The van der Waals surface area contributed by atoms with Crippen molar-refractivity contribution >= 4 is 11.8 Å². The highest BCUT2D eigenvalue weighted by atomic mass is 16.5. The molecule has 2 aromatic rings. The van der Waals surface area contributed by atoms with E-state index in [9.17, 15) is 9.59 Å². The monoisotopic (exact) mass is 400 g/mol. The van der Waals surface area contributed by atoms with Gasteiger partial charge in [0.2, 0.25) is 5.91 Å². The second-order valence-electron chi connectivity index (χ2n) is 7.93. The van der Waals surface area contributed by atoms with Crippen LogP contribution in [0.15, 0.2) is 67.3 Å². The molecule has 5 heteroatoms. The quantitative estimate of drug-likeness (QED) is 0.573. The van der Waals surface area contributed by atoms with Crippen LogP contribution in [0.2, 0.25) is 0 Å². The molecule has 0 bridgehead atoms. The van der Waals surface area contributed by atoms with Gasteiger partial charge in [-0.15, -0.1) is 6.42 Å². The third-order valence-corrected chi connectivity index (χ3v) is 6.06. The molecule has 1 atom stereocenters. The third kappa shape index (κ3) is 3.57. The van der Waals surface area contributed by atoms with Crippen LogP contribution in [0.3, 0.4) is 0 Å². The smallest absolute Gasteiger partial charge is 0.253 e. The fraction of sp³-hybridized carbons (Fsp3) is 0.280. The number of likely N-dealkylation sites (tertiary alicyclic amines) is 2. The SMILES string of the molecule is C#CCOc1ccc(C(=O)N2CC3(CN(C(=O)C=C)C[C@H]3c3ccccc3)C2)cc1. The van der Waals surface area contributed by atoms with E-state index >= 15 is 0 Å². The van der Waals surface area contributed by atoms with Crippen molar-refractivity contribution in [2.45, 2.75) is 5.92 Å². The molecule has 2 aliphatic rings. The van der Waals surface area contributed by atoms with Gasteiger partial charge in [-0.25, -0.2) is 0 Å². The van der Waals surface area contributed by atoms with E-state index in [0.717, 1.165) is 0 Å². The van der Waals surface area contributed by atoms with Gasteiger partial charge in [-0.05, 0) is 35.9 Å². The second-order valence-corrected chi connectivity index (χ2v) is 7.93. The third-order valence-electron chi connectivity index (χ3n) is 6.06. The lowest BCUT2D eigenvalue weighted by Crippen LogP contribution is -2.61. The molecule has 0 radical (unpaired) electrons. The lowest BCUT2D eigenvalue weighted by Gasteiger charge is -2.51. The minimum Gasteiger partial charge on any atom is -0.481 e. The van der Waals surface area contributed by atoms with E-state index in [1.807, 2.05) is 28.0 Å². The Kier molecular flexibility index (Phi) is 5.33. The van der Waals surface area contributed by atoms with Crippen LogP contribution in [-0.4, -0.2) is 54.4 Å². The summed E-state index contributed by atoms with van der Waals surface area (Å²) in [5.41, 5.74) is 1.70. The van der Waals surface area contributed by atoms with Crippen molar-refractivity contribution in [1.29, 1.82) is 0 Å². The van der Waals surface area contributed by atoms with Gasteiger partial charge in [-0.3, -0.25) is 9.59 Å². The molecule has 1 spiro atoms. The number of hydrogen-bond donors (Lipinski definition) is 0. The van der Waals surface area contributed by atoms with Crippen LogP contribution < -0.4 is 4.74 Å². The van der Waals surface area contributed by atoms with Gasteiger partial charge in [-0.2, -0.15) is 0 Å². The van der Waals surface area contributed by atoms with Crippen LogP contribution in [0.1, 0.15) is 21.8 Å². The van der Waals surface area contributed by atoms with Gasteiger partial charge < -0.3 is 14.5 Å². The molecule has 2 fully saturated rings. The van der Waals surface area contributed by atoms with Gasteiger partial charge in [0.05, 0.1) is 0 Å². The molecule has 2 aromatic carbocycles. The molecule has 30 heavy (non-hydrogen) atoms. The van der Waals surface area contributed by atoms with Crippen LogP contribution in [0.5, 0.6) is 5.75 Å². The normalized spacial score (nSPS) is 19.1. The predicted molar refractivity (Wildman–Crippen MR) is 115 cm³/mol. The highest BCUT2D eigenvalue weighted by molar-refractivity contribution is 5.95. The summed E-state index contributed by atoms with van der Waals surface area (Å²) in [5.74, 6) is 3.20. The average molecular weight is 400 g/mol. The first-order chi connectivity index (χ1) is 14.6. The second kappa shape index (κ2) is 8.08. The Hall–Kier alpha value is -3.52. The zero-order chi connectivity index (χ0) is 21.1. The molecule has 2 aliphatic heterocycles. The number of ether oxygens (including phenoxy) is 1. The molecule has 0 saturated carbocycles. The lowest BCUT2D eigenvalue weighted by atomic mass is 9.69. The van der Waals surface area contributed by atoms with Gasteiger partial charge in [-0.1, -0.05) is 42.8 Å². The minimum atomic E-state index is -0.120. The molecule has 0 N–H and O–H groups in total. The number of benzene rings is 2. The summed E-state index contributed by atoms with van der Waals surface area (Å²) >= 11 is 0. The van der Waals surface area contributed by atoms with Gasteiger partial charge in [0.25, 0.3) is 5.91 Å². The van der Waals surface area contributed by atoms with Crippen LogP contribution in [0.4, 0.5) is 0 Å². The standard InChI is InChI=1S/C25H24N2O3/c1-3-14-30-21-12-10-20(11-13-21)24(29)27-17-25(18-27)16-26(23(28)4-2)15-22(25)19-8-6-5-7-9-19/h1,4-13,22H,2,14-18H2/t22-/m0/s1. The van der Waals surface area contributed by atoms with Crippen molar-refractivity contribution in [3.8, 4) is 18.1 Å². The molecule has 0 aromatic heterocycles. The molecule has 0 unspecified atom stereocenters. The van der Waals surface area contributed by atoms with E-state index in [1.54, 1.807) is 24.3 Å². The molecule has 5 nitrogen and oxygen atoms in total. The van der Waals surface area contributed by atoms with Gasteiger partial charge in [0, 0.05) is 43.1 Å². The van der Waals surface area contributed by atoms with Crippen molar-refractivity contribution in [2.75, 3.05) is 32.8 Å². The molecule has 0 aliphatic carbocycles. The Morgan fingerprint density at radius 3 is 2.40 bits per heavy atom. The predicted octanol–water partition coefficient (Wildman–Crippen LogP) is 2.95. The highest BCUT2D eigenvalue weighted by Crippen LogP contribution is 2.49. The number of carbonyl (C=O) groups is 2. The zero-order valence-electron chi connectivity index (χ0n) is 16.8. The Balaban J connectivity index is 1.49. The van der Waals surface area contributed by atoms with Crippen molar-refractivity contribution in [3.63, 3.8) is 0 Å². The van der Waals surface area contributed by atoms with Crippen LogP contribution in [0.25, 0.3) is 0 Å². The Bertz CT molecular complexity index is 985. The maximum atomic E-state index is 13.0. The number of carbonyl (C=O) groups excluding carboxylic acids is 2. The van der Waals surface area contributed by atoms with Gasteiger partial charge in [0.15, 0.2) is 0 Å². The van der Waals surface area contributed by atoms with E-state index in [1.165, 1.54) is 11.6 Å². The first kappa shape index (κ1) is 19.8. The Morgan fingerprint density at radius 1 is 1.10 bits per heavy atom. The van der Waals surface area contributed by atoms with Gasteiger partial charge >= 0.3 is 0 Å². The van der Waals surface area contributed by atoms with E-state index in [-0.39, 0.29) is 29.8 Å². The fourth-order valence-corrected chi connectivity index (χ4v) is 4.59. The molecular weight excluding hydrogens is 376 g/mol. The van der Waals surface area contributed by atoms with Crippen molar-refractivity contribution in [2.24, 2.45) is 5.41 Å². The maximum absolute atomic E-state index is 13.0. The Labute approximate surface area is 176 Å². The Morgan fingerprint density at radius 2 is 1.77 bits per heavy atom. The minimum absolute atomic E-state index is 0.00978. The maximum Gasteiger partial charge on any atom is 0.253 e. The molecule has 2 saturated heterocycles. The summed E-state index contributed by atoms with van der Waals surface area (Å²) in [5, 5.41) is 0. The lowest BCUT2D eigenvalue weighted by molar-refractivity contribution is -0.125. The summed E-state index contributed by atoms with van der Waals surface area (Å²) in [6, 6.07) is 17.3. The molecular formula is C25H24N2O3. The molecule has 4 rings (SSSR count). The first-order valence-corrected chi connectivity index (χ1v) is 9.98. The van der Waals surface area contributed by atoms with E-state index in [4.69, 9.17) is 11.2 Å². The van der Waals surface area contributed by atoms with Crippen LogP contribution in [-0.2, 0) is 4.79 Å². The average Bonchev–Trinajstić information content (AvgIpc) is 3.18. The first-order valence-electron chi connectivity index (χ1n) is 9.98.